The molecule has 0 radical (unpaired) electrons. The van der Waals surface area contributed by atoms with Gasteiger partial charge >= 0.3 is 0 Å². The van der Waals surface area contributed by atoms with Crippen molar-refractivity contribution < 1.29 is 0 Å². The minimum atomic E-state index is 1.08. The molecular weight excluding hydrogens is 220 g/mol. The van der Waals surface area contributed by atoms with Crippen LogP contribution < -0.4 is 5.32 Å². The Kier molecular flexibility index (Phi) is 2.77. The molecule has 90 valence electrons. The average molecular weight is 236 g/mol. The van der Waals surface area contributed by atoms with Gasteiger partial charge in [-0.3, -0.25) is 0 Å². The second-order valence-corrected chi connectivity index (χ2v) is 4.46. The summed E-state index contributed by atoms with van der Waals surface area (Å²) in [5, 5.41) is 4.65. The number of rotatable bonds is 3. The van der Waals surface area contributed by atoms with Crippen molar-refractivity contribution in [3.8, 4) is 0 Å². The fourth-order valence-electron chi connectivity index (χ4n) is 2.12. The molecule has 2 nitrogen and oxygen atoms in total. The maximum Gasteiger partial charge on any atom is 0.0455 e. The molecule has 2 aromatic carbocycles. The van der Waals surface area contributed by atoms with E-state index >= 15 is 0 Å². The summed E-state index contributed by atoms with van der Waals surface area (Å²) in [5.41, 5.74) is 4.77. The van der Waals surface area contributed by atoms with E-state index in [9.17, 15) is 0 Å². The topological polar surface area (TPSA) is 27.8 Å². The molecule has 0 saturated heterocycles. The summed E-state index contributed by atoms with van der Waals surface area (Å²) in [6.07, 6.45) is 3.04. The van der Waals surface area contributed by atoms with Crippen LogP contribution in [-0.2, 0) is 6.42 Å². The van der Waals surface area contributed by atoms with Crippen LogP contribution in [0, 0.1) is 0 Å². The molecule has 0 unspecified atom stereocenters. The van der Waals surface area contributed by atoms with E-state index in [0.717, 1.165) is 17.8 Å². The van der Waals surface area contributed by atoms with Crippen LogP contribution in [0.2, 0.25) is 0 Å². The number of nitrogens with one attached hydrogen (secondary N) is 2. The Labute approximate surface area is 107 Å². The molecule has 18 heavy (non-hydrogen) atoms. The fraction of sp³-hybridized carbons (Fsp3) is 0.125. The van der Waals surface area contributed by atoms with Gasteiger partial charge in [0.15, 0.2) is 0 Å². The van der Waals surface area contributed by atoms with E-state index in [2.05, 4.69) is 65.8 Å². The molecular formula is C16H16N2. The van der Waals surface area contributed by atoms with Crippen LogP contribution in [0.1, 0.15) is 12.5 Å². The van der Waals surface area contributed by atoms with E-state index in [1.165, 1.54) is 16.5 Å². The summed E-state index contributed by atoms with van der Waals surface area (Å²) in [6.45, 7) is 2.17. The molecule has 0 amide bonds. The van der Waals surface area contributed by atoms with E-state index < -0.39 is 0 Å². The molecule has 0 aliphatic carbocycles. The number of anilines is 2. The predicted octanol–water partition coefficient (Wildman–Crippen LogP) is 4.47. The molecule has 0 saturated carbocycles. The highest BCUT2D eigenvalue weighted by Gasteiger charge is 1.98. The minimum Gasteiger partial charge on any atom is -0.361 e. The Balaban J connectivity index is 1.85. The SMILES string of the molecule is CCc1ccc(Nc2ccc3[nH]ccc3c2)cc1. The molecule has 0 spiro atoms. The Morgan fingerprint density at radius 3 is 2.50 bits per heavy atom. The number of aromatic nitrogens is 1. The monoisotopic (exact) mass is 236 g/mol. The van der Waals surface area contributed by atoms with Crippen LogP contribution in [0.3, 0.4) is 0 Å². The largest absolute Gasteiger partial charge is 0.361 e. The lowest BCUT2D eigenvalue weighted by atomic mass is 10.1. The number of fused-ring (bicyclic) bond motifs is 1. The molecule has 2 heteroatoms. The molecule has 2 N–H and O–H groups in total. The highest BCUT2D eigenvalue weighted by molar-refractivity contribution is 5.84. The first-order valence-corrected chi connectivity index (χ1v) is 6.28. The minimum absolute atomic E-state index is 1.08. The van der Waals surface area contributed by atoms with Gasteiger partial charge in [0.25, 0.3) is 0 Å². The maximum atomic E-state index is 3.42. The summed E-state index contributed by atoms with van der Waals surface area (Å²) in [5.74, 6) is 0. The summed E-state index contributed by atoms with van der Waals surface area (Å²) >= 11 is 0. The zero-order chi connectivity index (χ0) is 12.4. The molecule has 1 heterocycles. The van der Waals surface area contributed by atoms with Crippen molar-refractivity contribution in [2.75, 3.05) is 5.32 Å². The number of H-pyrrole nitrogens is 1. The molecule has 0 fully saturated rings. The van der Waals surface area contributed by atoms with Crippen molar-refractivity contribution in [2.24, 2.45) is 0 Å². The highest BCUT2D eigenvalue weighted by atomic mass is 14.9. The van der Waals surface area contributed by atoms with Crippen molar-refractivity contribution >= 4 is 22.3 Å². The van der Waals surface area contributed by atoms with E-state index in [0.29, 0.717) is 0 Å². The van der Waals surface area contributed by atoms with Crippen LogP contribution in [0.4, 0.5) is 11.4 Å². The summed E-state index contributed by atoms with van der Waals surface area (Å²) in [4.78, 5) is 3.20. The quantitative estimate of drug-likeness (QED) is 0.689. The summed E-state index contributed by atoms with van der Waals surface area (Å²) < 4.78 is 0. The number of hydrogen-bond acceptors (Lipinski definition) is 1. The number of aromatic amines is 1. The van der Waals surface area contributed by atoms with E-state index in [1.54, 1.807) is 0 Å². The molecule has 3 aromatic rings. The molecule has 0 bridgehead atoms. The van der Waals surface area contributed by atoms with Gasteiger partial charge in [0, 0.05) is 28.5 Å². The van der Waals surface area contributed by atoms with Gasteiger partial charge in [-0.2, -0.15) is 0 Å². The first kappa shape index (κ1) is 10.9. The smallest absolute Gasteiger partial charge is 0.0455 e. The Morgan fingerprint density at radius 2 is 1.72 bits per heavy atom. The van der Waals surface area contributed by atoms with Gasteiger partial charge in [0.2, 0.25) is 0 Å². The lowest BCUT2D eigenvalue weighted by Crippen LogP contribution is -1.90. The second kappa shape index (κ2) is 4.57. The first-order valence-electron chi connectivity index (χ1n) is 6.28. The Hall–Kier alpha value is -2.22. The standard InChI is InChI=1S/C16H16N2/c1-2-12-3-5-14(6-4-12)18-15-7-8-16-13(11-15)9-10-17-16/h3-11,17-18H,2H2,1H3. The van der Waals surface area contributed by atoms with Crippen molar-refractivity contribution in [3.63, 3.8) is 0 Å². The van der Waals surface area contributed by atoms with Crippen molar-refractivity contribution in [1.29, 1.82) is 0 Å². The van der Waals surface area contributed by atoms with Gasteiger partial charge in [-0.25, -0.2) is 0 Å². The van der Waals surface area contributed by atoms with E-state index in [1.807, 2.05) is 6.20 Å². The third-order valence-electron chi connectivity index (χ3n) is 3.20. The van der Waals surface area contributed by atoms with Crippen molar-refractivity contribution in [1.82, 2.24) is 4.98 Å². The van der Waals surface area contributed by atoms with Gasteiger partial charge < -0.3 is 10.3 Å². The van der Waals surface area contributed by atoms with Crippen LogP contribution in [-0.4, -0.2) is 4.98 Å². The second-order valence-electron chi connectivity index (χ2n) is 4.46. The maximum absolute atomic E-state index is 3.42. The van der Waals surface area contributed by atoms with Gasteiger partial charge in [-0.05, 0) is 48.4 Å². The third-order valence-corrected chi connectivity index (χ3v) is 3.20. The lowest BCUT2D eigenvalue weighted by molar-refractivity contribution is 1.14. The first-order chi connectivity index (χ1) is 8.85. The van der Waals surface area contributed by atoms with Crippen LogP contribution in [0.5, 0.6) is 0 Å². The van der Waals surface area contributed by atoms with Gasteiger partial charge in [-0.1, -0.05) is 19.1 Å². The third kappa shape index (κ3) is 2.09. The fourth-order valence-corrected chi connectivity index (χ4v) is 2.12. The van der Waals surface area contributed by atoms with E-state index in [4.69, 9.17) is 0 Å². The summed E-state index contributed by atoms with van der Waals surface area (Å²) in [6, 6.07) is 17.0. The lowest BCUT2D eigenvalue weighted by Gasteiger charge is -2.07. The molecule has 0 aliphatic rings. The van der Waals surface area contributed by atoms with Gasteiger partial charge in [0.05, 0.1) is 0 Å². The highest BCUT2D eigenvalue weighted by Crippen LogP contribution is 2.21. The molecule has 0 atom stereocenters. The number of aryl methyl sites for hydroxylation is 1. The molecule has 1 aromatic heterocycles. The average Bonchev–Trinajstić information content (AvgIpc) is 2.87. The van der Waals surface area contributed by atoms with Crippen LogP contribution in [0.25, 0.3) is 10.9 Å². The van der Waals surface area contributed by atoms with Crippen molar-refractivity contribution in [2.45, 2.75) is 13.3 Å². The number of hydrogen-bond donors (Lipinski definition) is 2. The number of benzene rings is 2. The van der Waals surface area contributed by atoms with Crippen LogP contribution in [0.15, 0.2) is 54.7 Å². The Bertz CT molecular complexity index is 650. The molecule has 3 rings (SSSR count). The van der Waals surface area contributed by atoms with Gasteiger partial charge in [-0.15, -0.1) is 0 Å². The van der Waals surface area contributed by atoms with E-state index in [-0.39, 0.29) is 0 Å². The Morgan fingerprint density at radius 1 is 0.944 bits per heavy atom. The van der Waals surface area contributed by atoms with Crippen molar-refractivity contribution in [3.05, 3.63) is 60.3 Å². The molecule has 0 aliphatic heterocycles. The van der Waals surface area contributed by atoms with Gasteiger partial charge in [0.1, 0.15) is 0 Å². The summed E-state index contributed by atoms with van der Waals surface area (Å²) in [7, 11) is 0. The predicted molar refractivity (Wildman–Crippen MR) is 77.4 cm³/mol. The van der Waals surface area contributed by atoms with Crippen LogP contribution >= 0.6 is 0 Å². The zero-order valence-corrected chi connectivity index (χ0v) is 10.4. The zero-order valence-electron chi connectivity index (χ0n) is 10.4. The normalized spacial score (nSPS) is 10.7.